The minimum Gasteiger partial charge on any atom is -0.302 e. The number of benzene rings is 3. The Morgan fingerprint density at radius 2 is 1.50 bits per heavy atom. The van der Waals surface area contributed by atoms with Gasteiger partial charge in [-0.3, -0.25) is 4.79 Å². The van der Waals surface area contributed by atoms with Crippen molar-refractivity contribution in [3.8, 4) is 11.3 Å². The Balaban J connectivity index is 1.48. The molecule has 0 unspecified atom stereocenters. The molecule has 0 aliphatic rings. The number of nitrogens with one attached hydrogen (secondary N) is 1. The Labute approximate surface area is 181 Å². The van der Waals surface area contributed by atoms with Gasteiger partial charge in [-0.1, -0.05) is 91.9 Å². The summed E-state index contributed by atoms with van der Waals surface area (Å²) in [7, 11) is 0. The van der Waals surface area contributed by atoms with Crippen LogP contribution in [0, 0.1) is 0 Å². The van der Waals surface area contributed by atoms with Crippen molar-refractivity contribution in [1.29, 1.82) is 0 Å². The molecule has 0 radical (unpaired) electrons. The third-order valence-corrected chi connectivity index (χ3v) is 5.96. The predicted molar refractivity (Wildman–Crippen MR) is 125 cm³/mol. The maximum Gasteiger partial charge on any atom is 0.227 e. The van der Waals surface area contributed by atoms with Crippen molar-refractivity contribution < 1.29 is 4.79 Å². The first kappa shape index (κ1) is 20.0. The fourth-order valence-electron chi connectivity index (χ4n) is 3.53. The van der Waals surface area contributed by atoms with Crippen LogP contribution in [0.2, 0.25) is 0 Å². The lowest BCUT2D eigenvalue weighted by atomic mass is 9.88. The van der Waals surface area contributed by atoms with E-state index in [0.717, 1.165) is 28.8 Å². The fraction of sp³-hybridized carbons (Fsp3) is 0.154. The number of amides is 1. The molecule has 1 amide bonds. The Bertz CT molecular complexity index is 1050. The van der Waals surface area contributed by atoms with Crippen molar-refractivity contribution in [3.05, 3.63) is 107 Å². The molecule has 0 saturated heterocycles. The summed E-state index contributed by atoms with van der Waals surface area (Å²) in [5.41, 5.74) is 5.52. The van der Waals surface area contributed by atoms with E-state index >= 15 is 0 Å². The van der Waals surface area contributed by atoms with E-state index < -0.39 is 0 Å². The second kappa shape index (κ2) is 9.51. The summed E-state index contributed by atoms with van der Waals surface area (Å²) in [6.45, 7) is 2.14. The van der Waals surface area contributed by atoms with Gasteiger partial charge in [0, 0.05) is 23.3 Å². The Kier molecular flexibility index (Phi) is 6.35. The van der Waals surface area contributed by atoms with Gasteiger partial charge in [0.2, 0.25) is 5.91 Å². The molecule has 4 aromatic rings. The molecule has 0 spiro atoms. The number of rotatable bonds is 7. The van der Waals surface area contributed by atoms with Gasteiger partial charge in [0.05, 0.1) is 5.69 Å². The summed E-state index contributed by atoms with van der Waals surface area (Å²) in [5.74, 6) is -0.0247. The number of hydrogen-bond acceptors (Lipinski definition) is 3. The van der Waals surface area contributed by atoms with Gasteiger partial charge in [-0.25, -0.2) is 4.98 Å². The monoisotopic (exact) mass is 412 g/mol. The number of aromatic nitrogens is 1. The summed E-state index contributed by atoms with van der Waals surface area (Å²) in [6.07, 6.45) is 1.39. The molecule has 150 valence electrons. The second-order valence-electron chi connectivity index (χ2n) is 7.21. The van der Waals surface area contributed by atoms with Gasteiger partial charge < -0.3 is 5.32 Å². The molecule has 0 saturated carbocycles. The number of nitrogens with zero attached hydrogens (tertiary/aromatic N) is 1. The summed E-state index contributed by atoms with van der Waals surface area (Å²) >= 11 is 1.46. The maximum atomic E-state index is 12.9. The van der Waals surface area contributed by atoms with Crippen LogP contribution in [0.3, 0.4) is 0 Å². The number of carbonyl (C=O) groups excluding carboxylic acids is 1. The molecular formula is C26H24N2OS. The van der Waals surface area contributed by atoms with Crippen molar-refractivity contribution in [2.45, 2.75) is 25.7 Å². The van der Waals surface area contributed by atoms with Gasteiger partial charge in [-0.05, 0) is 23.1 Å². The van der Waals surface area contributed by atoms with Crippen LogP contribution in [0.25, 0.3) is 11.3 Å². The zero-order chi connectivity index (χ0) is 20.8. The summed E-state index contributed by atoms with van der Waals surface area (Å²) in [5, 5.41) is 5.62. The van der Waals surface area contributed by atoms with Gasteiger partial charge in [-0.15, -0.1) is 11.3 Å². The maximum absolute atomic E-state index is 12.9. The van der Waals surface area contributed by atoms with Crippen LogP contribution in [-0.4, -0.2) is 10.9 Å². The van der Waals surface area contributed by atoms with Crippen LogP contribution >= 0.6 is 11.3 Å². The zero-order valence-corrected chi connectivity index (χ0v) is 17.7. The first-order valence-corrected chi connectivity index (χ1v) is 11.1. The highest BCUT2D eigenvalue weighted by molar-refractivity contribution is 7.14. The molecule has 3 nitrogen and oxygen atoms in total. The Morgan fingerprint density at radius 3 is 2.07 bits per heavy atom. The fourth-order valence-corrected chi connectivity index (χ4v) is 4.27. The first-order valence-electron chi connectivity index (χ1n) is 10.2. The van der Waals surface area contributed by atoms with Crippen LogP contribution in [0.4, 0.5) is 5.13 Å². The molecule has 0 bridgehead atoms. The molecule has 1 N–H and O–H groups in total. The SMILES string of the molecule is CCc1ccc(-c2csc(NC(=O)CC(c3ccccc3)c3ccccc3)n2)cc1. The minimum absolute atomic E-state index is 0.00780. The average Bonchev–Trinajstić information content (AvgIpc) is 3.27. The van der Waals surface area contributed by atoms with E-state index in [2.05, 4.69) is 65.8 Å². The lowest BCUT2D eigenvalue weighted by Gasteiger charge is -2.17. The van der Waals surface area contributed by atoms with E-state index in [1.165, 1.54) is 16.9 Å². The van der Waals surface area contributed by atoms with Gasteiger partial charge in [0.15, 0.2) is 5.13 Å². The van der Waals surface area contributed by atoms with E-state index in [1.54, 1.807) is 0 Å². The van der Waals surface area contributed by atoms with Crippen molar-refractivity contribution in [2.75, 3.05) is 5.32 Å². The van der Waals surface area contributed by atoms with Gasteiger partial charge in [0.1, 0.15) is 0 Å². The molecule has 0 aliphatic carbocycles. The molecule has 30 heavy (non-hydrogen) atoms. The molecule has 1 heterocycles. The van der Waals surface area contributed by atoms with Crippen LogP contribution in [-0.2, 0) is 11.2 Å². The number of hydrogen-bond donors (Lipinski definition) is 1. The quantitative estimate of drug-likeness (QED) is 0.375. The largest absolute Gasteiger partial charge is 0.302 e. The van der Waals surface area contributed by atoms with Crippen molar-refractivity contribution in [2.24, 2.45) is 0 Å². The highest BCUT2D eigenvalue weighted by Gasteiger charge is 2.19. The van der Waals surface area contributed by atoms with Crippen molar-refractivity contribution in [3.63, 3.8) is 0 Å². The second-order valence-corrected chi connectivity index (χ2v) is 8.07. The standard InChI is InChI=1S/C26H24N2OS/c1-2-19-13-15-22(16-14-19)24-18-30-26(27-24)28-25(29)17-23(20-9-5-3-6-10-20)21-11-7-4-8-12-21/h3-16,18,23H,2,17H2,1H3,(H,27,28,29). The van der Waals surface area contributed by atoms with E-state index in [0.29, 0.717) is 11.6 Å². The predicted octanol–water partition coefficient (Wildman–Crippen LogP) is 6.53. The summed E-state index contributed by atoms with van der Waals surface area (Å²) < 4.78 is 0. The van der Waals surface area contributed by atoms with Gasteiger partial charge in [-0.2, -0.15) is 0 Å². The highest BCUT2D eigenvalue weighted by Crippen LogP contribution is 2.29. The van der Waals surface area contributed by atoms with Crippen LogP contribution < -0.4 is 5.32 Å². The van der Waals surface area contributed by atoms with Crippen LogP contribution in [0.1, 0.15) is 36.0 Å². The molecule has 0 fully saturated rings. The highest BCUT2D eigenvalue weighted by atomic mass is 32.1. The third kappa shape index (κ3) is 4.84. The molecule has 4 rings (SSSR count). The number of aryl methyl sites for hydroxylation is 1. The zero-order valence-electron chi connectivity index (χ0n) is 16.9. The molecule has 1 aromatic heterocycles. The summed E-state index contributed by atoms with van der Waals surface area (Å²) in [4.78, 5) is 17.5. The number of thiazole rings is 1. The molecular weight excluding hydrogens is 388 g/mol. The molecule has 3 aromatic carbocycles. The lowest BCUT2D eigenvalue weighted by molar-refractivity contribution is -0.116. The van der Waals surface area contributed by atoms with Gasteiger partial charge >= 0.3 is 0 Å². The van der Waals surface area contributed by atoms with Crippen molar-refractivity contribution >= 4 is 22.4 Å². The van der Waals surface area contributed by atoms with E-state index in [9.17, 15) is 4.79 Å². The van der Waals surface area contributed by atoms with Crippen molar-refractivity contribution in [1.82, 2.24) is 4.98 Å². The first-order chi connectivity index (χ1) is 14.7. The number of anilines is 1. The smallest absolute Gasteiger partial charge is 0.227 e. The van der Waals surface area contributed by atoms with Crippen LogP contribution in [0.15, 0.2) is 90.3 Å². The van der Waals surface area contributed by atoms with E-state index in [1.807, 2.05) is 41.8 Å². The summed E-state index contributed by atoms with van der Waals surface area (Å²) in [6, 6.07) is 28.8. The molecule has 0 atom stereocenters. The van der Waals surface area contributed by atoms with E-state index in [4.69, 9.17) is 0 Å². The van der Waals surface area contributed by atoms with Crippen LogP contribution in [0.5, 0.6) is 0 Å². The van der Waals surface area contributed by atoms with E-state index in [-0.39, 0.29) is 11.8 Å². The lowest BCUT2D eigenvalue weighted by Crippen LogP contribution is -2.16. The Hall–Kier alpha value is -3.24. The Morgan fingerprint density at radius 1 is 0.900 bits per heavy atom. The van der Waals surface area contributed by atoms with Gasteiger partial charge in [0.25, 0.3) is 0 Å². The molecule has 0 aliphatic heterocycles. The topological polar surface area (TPSA) is 42.0 Å². The average molecular weight is 413 g/mol. The number of carbonyl (C=O) groups is 1. The third-order valence-electron chi connectivity index (χ3n) is 5.20. The normalized spacial score (nSPS) is 10.9. The minimum atomic E-state index is -0.0325. The molecule has 4 heteroatoms.